The lowest BCUT2D eigenvalue weighted by Crippen LogP contribution is -2.45. The molecule has 26 heavy (non-hydrogen) atoms. The number of ether oxygens (including phenoxy) is 1. The predicted molar refractivity (Wildman–Crippen MR) is 99.5 cm³/mol. The van der Waals surface area contributed by atoms with E-state index in [0.29, 0.717) is 18.0 Å². The third-order valence-electron chi connectivity index (χ3n) is 4.99. The Labute approximate surface area is 154 Å². The Kier molecular flexibility index (Phi) is 5.89. The van der Waals surface area contributed by atoms with Crippen LogP contribution in [0.25, 0.3) is 0 Å². The standard InChI is InChI=1S/C21H26F2N2O/c1-14(2)16-6-4-5-7-17(16)18-13-25(11-10-24-18)12-15-8-9-19(26-3)21(23)20(15)22/h4-9,14,18,24H,10-13H2,1-3H3. The molecule has 140 valence electrons. The maximum atomic E-state index is 14.3. The fourth-order valence-corrected chi connectivity index (χ4v) is 3.61. The van der Waals surface area contributed by atoms with Crippen LogP contribution < -0.4 is 10.1 Å². The lowest BCUT2D eigenvalue weighted by Gasteiger charge is -2.35. The van der Waals surface area contributed by atoms with Gasteiger partial charge in [0.05, 0.1) is 7.11 Å². The van der Waals surface area contributed by atoms with Gasteiger partial charge in [-0.25, -0.2) is 4.39 Å². The van der Waals surface area contributed by atoms with Crippen LogP contribution in [0.15, 0.2) is 36.4 Å². The molecule has 2 aromatic rings. The summed E-state index contributed by atoms with van der Waals surface area (Å²) in [7, 11) is 1.34. The second-order valence-corrected chi connectivity index (χ2v) is 7.08. The van der Waals surface area contributed by atoms with E-state index in [0.717, 1.165) is 19.6 Å². The highest BCUT2D eigenvalue weighted by Gasteiger charge is 2.24. The number of hydrogen-bond acceptors (Lipinski definition) is 3. The van der Waals surface area contributed by atoms with Gasteiger partial charge in [-0.2, -0.15) is 4.39 Å². The predicted octanol–water partition coefficient (Wildman–Crippen LogP) is 4.24. The SMILES string of the molecule is COc1ccc(CN2CCNC(c3ccccc3C(C)C)C2)c(F)c1F. The van der Waals surface area contributed by atoms with Crippen molar-refractivity contribution in [3.05, 3.63) is 64.7 Å². The highest BCUT2D eigenvalue weighted by atomic mass is 19.2. The monoisotopic (exact) mass is 360 g/mol. The molecule has 3 nitrogen and oxygen atoms in total. The number of methoxy groups -OCH3 is 1. The number of nitrogens with one attached hydrogen (secondary N) is 1. The first-order valence-corrected chi connectivity index (χ1v) is 9.06. The summed E-state index contributed by atoms with van der Waals surface area (Å²) >= 11 is 0. The molecule has 0 spiro atoms. The fourth-order valence-electron chi connectivity index (χ4n) is 3.61. The first-order chi connectivity index (χ1) is 12.5. The lowest BCUT2D eigenvalue weighted by atomic mass is 9.92. The number of benzene rings is 2. The topological polar surface area (TPSA) is 24.5 Å². The van der Waals surface area contributed by atoms with Crippen molar-refractivity contribution in [3.8, 4) is 5.75 Å². The molecule has 1 atom stereocenters. The zero-order valence-electron chi connectivity index (χ0n) is 15.6. The molecule has 1 aliphatic rings. The van der Waals surface area contributed by atoms with Gasteiger partial charge in [-0.1, -0.05) is 44.2 Å². The maximum Gasteiger partial charge on any atom is 0.200 e. The van der Waals surface area contributed by atoms with Crippen LogP contribution >= 0.6 is 0 Å². The molecule has 1 fully saturated rings. The van der Waals surface area contributed by atoms with E-state index in [2.05, 4.69) is 48.3 Å². The van der Waals surface area contributed by atoms with E-state index in [1.165, 1.54) is 24.3 Å². The number of piperazine rings is 1. The average Bonchev–Trinajstić information content (AvgIpc) is 2.66. The van der Waals surface area contributed by atoms with Crippen LogP contribution in [-0.2, 0) is 6.54 Å². The summed E-state index contributed by atoms with van der Waals surface area (Å²) in [5.74, 6) is -1.35. The van der Waals surface area contributed by atoms with Crippen molar-refractivity contribution in [2.75, 3.05) is 26.7 Å². The summed E-state index contributed by atoms with van der Waals surface area (Å²) in [6.45, 7) is 7.14. The van der Waals surface area contributed by atoms with Crippen molar-refractivity contribution in [2.45, 2.75) is 32.4 Å². The zero-order chi connectivity index (χ0) is 18.7. The minimum Gasteiger partial charge on any atom is -0.494 e. The van der Waals surface area contributed by atoms with Gasteiger partial charge in [0, 0.05) is 37.8 Å². The largest absolute Gasteiger partial charge is 0.494 e. The van der Waals surface area contributed by atoms with E-state index < -0.39 is 11.6 Å². The van der Waals surface area contributed by atoms with Gasteiger partial charge >= 0.3 is 0 Å². The van der Waals surface area contributed by atoms with Gasteiger partial charge in [-0.15, -0.1) is 0 Å². The Balaban J connectivity index is 1.77. The van der Waals surface area contributed by atoms with Crippen molar-refractivity contribution >= 4 is 0 Å². The summed E-state index contributed by atoms with van der Waals surface area (Å²) in [5, 5.41) is 3.56. The normalized spacial score (nSPS) is 18.3. The van der Waals surface area contributed by atoms with Crippen molar-refractivity contribution in [3.63, 3.8) is 0 Å². The first-order valence-electron chi connectivity index (χ1n) is 9.06. The molecule has 1 N–H and O–H groups in total. The molecule has 5 heteroatoms. The number of nitrogens with zero attached hydrogens (tertiary/aromatic N) is 1. The quantitative estimate of drug-likeness (QED) is 0.863. The lowest BCUT2D eigenvalue weighted by molar-refractivity contribution is 0.190. The Morgan fingerprint density at radius 2 is 1.92 bits per heavy atom. The fraction of sp³-hybridized carbons (Fsp3) is 0.429. The second-order valence-electron chi connectivity index (χ2n) is 7.08. The highest BCUT2D eigenvalue weighted by molar-refractivity contribution is 5.34. The summed E-state index contributed by atoms with van der Waals surface area (Å²) < 4.78 is 33.1. The van der Waals surface area contributed by atoms with E-state index >= 15 is 0 Å². The van der Waals surface area contributed by atoms with Gasteiger partial charge in [-0.3, -0.25) is 4.90 Å². The number of rotatable bonds is 5. The molecule has 2 aromatic carbocycles. The molecular weight excluding hydrogens is 334 g/mol. The Morgan fingerprint density at radius 1 is 1.15 bits per heavy atom. The molecule has 1 heterocycles. The van der Waals surface area contributed by atoms with Crippen molar-refractivity contribution in [2.24, 2.45) is 0 Å². The van der Waals surface area contributed by atoms with Crippen LogP contribution in [-0.4, -0.2) is 31.6 Å². The molecule has 3 rings (SSSR count). The summed E-state index contributed by atoms with van der Waals surface area (Å²) in [6.07, 6.45) is 0. The average molecular weight is 360 g/mol. The van der Waals surface area contributed by atoms with Crippen molar-refractivity contribution < 1.29 is 13.5 Å². The van der Waals surface area contributed by atoms with Crippen molar-refractivity contribution in [1.29, 1.82) is 0 Å². The Morgan fingerprint density at radius 3 is 2.65 bits per heavy atom. The molecule has 0 amide bonds. The van der Waals surface area contributed by atoms with Crippen LogP contribution in [0.3, 0.4) is 0 Å². The van der Waals surface area contributed by atoms with E-state index in [1.54, 1.807) is 6.07 Å². The molecule has 0 bridgehead atoms. The number of halogens is 2. The molecule has 0 saturated carbocycles. The Hall–Kier alpha value is -1.98. The molecule has 1 aliphatic heterocycles. The Bertz CT molecular complexity index is 764. The van der Waals surface area contributed by atoms with Gasteiger partial charge in [-0.05, 0) is 23.1 Å². The molecule has 0 aromatic heterocycles. The minimum atomic E-state index is -0.915. The van der Waals surface area contributed by atoms with Gasteiger partial charge in [0.1, 0.15) is 0 Å². The van der Waals surface area contributed by atoms with E-state index in [9.17, 15) is 8.78 Å². The maximum absolute atomic E-state index is 14.3. The van der Waals surface area contributed by atoms with Gasteiger partial charge in [0.2, 0.25) is 5.82 Å². The van der Waals surface area contributed by atoms with Crippen molar-refractivity contribution in [1.82, 2.24) is 10.2 Å². The van der Waals surface area contributed by atoms with Crippen LogP contribution in [0.2, 0.25) is 0 Å². The summed E-state index contributed by atoms with van der Waals surface area (Å²) in [5.41, 5.74) is 2.98. The molecular formula is C21H26F2N2O. The third kappa shape index (κ3) is 3.89. The molecule has 1 saturated heterocycles. The smallest absolute Gasteiger partial charge is 0.200 e. The third-order valence-corrected chi connectivity index (χ3v) is 4.99. The highest BCUT2D eigenvalue weighted by Crippen LogP contribution is 2.28. The van der Waals surface area contributed by atoms with E-state index in [1.807, 2.05) is 0 Å². The van der Waals surface area contributed by atoms with Crippen LogP contribution in [0.5, 0.6) is 5.75 Å². The van der Waals surface area contributed by atoms with Gasteiger partial charge < -0.3 is 10.1 Å². The van der Waals surface area contributed by atoms with Gasteiger partial charge in [0.25, 0.3) is 0 Å². The molecule has 0 radical (unpaired) electrons. The summed E-state index contributed by atoms with van der Waals surface area (Å²) in [4.78, 5) is 2.17. The molecule has 1 unspecified atom stereocenters. The second kappa shape index (κ2) is 8.14. The van der Waals surface area contributed by atoms with Crippen LogP contribution in [0.1, 0.15) is 42.5 Å². The zero-order valence-corrected chi connectivity index (χ0v) is 15.6. The van der Waals surface area contributed by atoms with E-state index in [4.69, 9.17) is 4.74 Å². The van der Waals surface area contributed by atoms with E-state index in [-0.39, 0.29) is 11.8 Å². The molecule has 0 aliphatic carbocycles. The van der Waals surface area contributed by atoms with Crippen LogP contribution in [0, 0.1) is 11.6 Å². The minimum absolute atomic E-state index is 0.0599. The van der Waals surface area contributed by atoms with Crippen LogP contribution in [0.4, 0.5) is 8.78 Å². The summed E-state index contributed by atoms with van der Waals surface area (Å²) in [6, 6.07) is 11.7. The number of hydrogen-bond donors (Lipinski definition) is 1. The first kappa shape index (κ1) is 18.8. The van der Waals surface area contributed by atoms with Gasteiger partial charge in [0.15, 0.2) is 11.6 Å².